The molecule has 0 spiro atoms. The number of aromatic nitrogens is 2. The summed E-state index contributed by atoms with van der Waals surface area (Å²) in [5.41, 5.74) is 2.50. The van der Waals surface area contributed by atoms with Crippen LogP contribution in [0.5, 0.6) is 0 Å². The SMILES string of the molecule is CCC(CC)C(=O)Nc1ccc2nsnc2c1. The molecule has 90 valence electrons. The van der Waals surface area contributed by atoms with E-state index in [2.05, 4.69) is 14.1 Å². The molecule has 2 rings (SSSR count). The van der Waals surface area contributed by atoms with Crippen LogP contribution in [-0.4, -0.2) is 14.7 Å². The quantitative estimate of drug-likeness (QED) is 0.906. The van der Waals surface area contributed by atoms with Gasteiger partial charge in [0.05, 0.1) is 11.7 Å². The summed E-state index contributed by atoms with van der Waals surface area (Å²) in [6.07, 6.45) is 1.73. The number of anilines is 1. The molecule has 0 aliphatic carbocycles. The highest BCUT2D eigenvalue weighted by molar-refractivity contribution is 7.00. The molecule has 0 unspecified atom stereocenters. The van der Waals surface area contributed by atoms with Crippen LogP contribution in [0.25, 0.3) is 11.0 Å². The first-order chi connectivity index (χ1) is 8.24. The molecule has 17 heavy (non-hydrogen) atoms. The minimum absolute atomic E-state index is 0.0811. The zero-order chi connectivity index (χ0) is 12.3. The number of carbonyl (C=O) groups is 1. The summed E-state index contributed by atoms with van der Waals surface area (Å²) in [5.74, 6) is 0.164. The summed E-state index contributed by atoms with van der Waals surface area (Å²) in [4.78, 5) is 11.9. The maximum atomic E-state index is 11.9. The van der Waals surface area contributed by atoms with Gasteiger partial charge in [0.25, 0.3) is 0 Å². The monoisotopic (exact) mass is 249 g/mol. The van der Waals surface area contributed by atoms with E-state index < -0.39 is 0 Å². The van der Waals surface area contributed by atoms with E-state index in [1.165, 1.54) is 11.7 Å². The van der Waals surface area contributed by atoms with Gasteiger partial charge in [-0.15, -0.1) is 0 Å². The first kappa shape index (κ1) is 12.0. The van der Waals surface area contributed by atoms with E-state index in [1.807, 2.05) is 32.0 Å². The Labute approximate surface area is 104 Å². The van der Waals surface area contributed by atoms with Gasteiger partial charge in [-0.3, -0.25) is 4.79 Å². The molecular formula is C12H15N3OS. The number of fused-ring (bicyclic) bond motifs is 1. The molecule has 5 heteroatoms. The maximum Gasteiger partial charge on any atom is 0.227 e. The second-order valence-corrected chi connectivity index (χ2v) is 4.50. The van der Waals surface area contributed by atoms with Crippen molar-refractivity contribution in [2.45, 2.75) is 26.7 Å². The van der Waals surface area contributed by atoms with Crippen LogP contribution in [0.2, 0.25) is 0 Å². The Balaban J connectivity index is 2.14. The Hall–Kier alpha value is -1.49. The Morgan fingerprint density at radius 3 is 2.71 bits per heavy atom. The van der Waals surface area contributed by atoms with Crippen LogP contribution in [0.1, 0.15) is 26.7 Å². The average molecular weight is 249 g/mol. The van der Waals surface area contributed by atoms with Crippen LogP contribution in [0.15, 0.2) is 18.2 Å². The van der Waals surface area contributed by atoms with E-state index in [9.17, 15) is 4.79 Å². The van der Waals surface area contributed by atoms with Gasteiger partial charge in [0.15, 0.2) is 0 Å². The van der Waals surface area contributed by atoms with Crippen molar-refractivity contribution in [3.05, 3.63) is 18.2 Å². The lowest BCUT2D eigenvalue weighted by Crippen LogP contribution is -2.21. The second-order valence-electron chi connectivity index (χ2n) is 3.97. The smallest absolute Gasteiger partial charge is 0.227 e. The predicted octanol–water partition coefficient (Wildman–Crippen LogP) is 3.07. The summed E-state index contributed by atoms with van der Waals surface area (Å²) in [6, 6.07) is 5.60. The molecule has 1 aromatic heterocycles. The summed E-state index contributed by atoms with van der Waals surface area (Å²) < 4.78 is 8.28. The van der Waals surface area contributed by atoms with Crippen molar-refractivity contribution in [2.24, 2.45) is 5.92 Å². The van der Waals surface area contributed by atoms with Crippen molar-refractivity contribution in [1.29, 1.82) is 0 Å². The molecule has 4 nitrogen and oxygen atoms in total. The van der Waals surface area contributed by atoms with E-state index in [4.69, 9.17) is 0 Å². The number of amides is 1. The van der Waals surface area contributed by atoms with Crippen molar-refractivity contribution < 1.29 is 4.79 Å². The summed E-state index contributed by atoms with van der Waals surface area (Å²) >= 11 is 1.18. The van der Waals surface area contributed by atoms with Crippen LogP contribution in [0, 0.1) is 5.92 Å². The van der Waals surface area contributed by atoms with Crippen molar-refractivity contribution in [2.75, 3.05) is 5.32 Å². The lowest BCUT2D eigenvalue weighted by molar-refractivity contribution is -0.120. The van der Waals surface area contributed by atoms with Gasteiger partial charge in [0, 0.05) is 11.6 Å². The summed E-state index contributed by atoms with van der Waals surface area (Å²) in [5, 5.41) is 2.92. The molecule has 0 radical (unpaired) electrons. The largest absolute Gasteiger partial charge is 0.326 e. The summed E-state index contributed by atoms with van der Waals surface area (Å²) in [6.45, 7) is 4.06. The fraction of sp³-hybridized carbons (Fsp3) is 0.417. The molecule has 1 heterocycles. The van der Waals surface area contributed by atoms with Gasteiger partial charge in [-0.1, -0.05) is 13.8 Å². The van der Waals surface area contributed by atoms with Crippen molar-refractivity contribution in [3.63, 3.8) is 0 Å². The van der Waals surface area contributed by atoms with Crippen molar-refractivity contribution >= 4 is 34.4 Å². The van der Waals surface area contributed by atoms with E-state index in [0.29, 0.717) is 0 Å². The molecule has 0 saturated carbocycles. The molecule has 0 saturated heterocycles. The number of rotatable bonds is 4. The van der Waals surface area contributed by atoms with E-state index >= 15 is 0 Å². The van der Waals surface area contributed by atoms with Crippen LogP contribution >= 0.6 is 11.7 Å². The maximum absolute atomic E-state index is 11.9. The van der Waals surface area contributed by atoms with Crippen molar-refractivity contribution in [3.8, 4) is 0 Å². The fourth-order valence-electron chi connectivity index (χ4n) is 1.76. The molecule has 0 bridgehead atoms. The van der Waals surface area contributed by atoms with Crippen LogP contribution in [0.4, 0.5) is 5.69 Å². The van der Waals surface area contributed by atoms with Crippen LogP contribution in [0.3, 0.4) is 0 Å². The zero-order valence-electron chi connectivity index (χ0n) is 9.93. The highest BCUT2D eigenvalue weighted by atomic mass is 32.1. The Morgan fingerprint density at radius 2 is 2.00 bits per heavy atom. The molecule has 2 aromatic rings. The first-order valence-electron chi connectivity index (χ1n) is 5.77. The molecule has 1 N–H and O–H groups in total. The molecule has 1 aromatic carbocycles. The molecule has 0 atom stereocenters. The number of benzene rings is 1. The summed E-state index contributed by atoms with van der Waals surface area (Å²) in [7, 11) is 0. The molecular weight excluding hydrogens is 234 g/mol. The van der Waals surface area contributed by atoms with Gasteiger partial charge in [-0.25, -0.2) is 0 Å². The zero-order valence-corrected chi connectivity index (χ0v) is 10.8. The van der Waals surface area contributed by atoms with Crippen LogP contribution in [-0.2, 0) is 4.79 Å². The lowest BCUT2D eigenvalue weighted by atomic mass is 10.0. The molecule has 0 fully saturated rings. The standard InChI is InChI=1S/C12H15N3OS/c1-3-8(4-2)12(16)13-9-5-6-10-11(7-9)15-17-14-10/h5-8H,3-4H2,1-2H3,(H,13,16). The third-order valence-corrected chi connectivity index (χ3v) is 3.43. The molecule has 0 aliphatic heterocycles. The highest BCUT2D eigenvalue weighted by Crippen LogP contribution is 2.18. The van der Waals surface area contributed by atoms with Gasteiger partial charge < -0.3 is 5.32 Å². The normalized spacial score (nSPS) is 11.0. The number of carbonyl (C=O) groups excluding carboxylic acids is 1. The van der Waals surface area contributed by atoms with Gasteiger partial charge >= 0.3 is 0 Å². The topological polar surface area (TPSA) is 54.9 Å². The van der Waals surface area contributed by atoms with Gasteiger partial charge in [0.1, 0.15) is 11.0 Å². The van der Waals surface area contributed by atoms with Gasteiger partial charge in [-0.2, -0.15) is 8.75 Å². The fourth-order valence-corrected chi connectivity index (χ4v) is 2.28. The number of nitrogens with one attached hydrogen (secondary N) is 1. The number of hydrogen-bond acceptors (Lipinski definition) is 4. The number of nitrogens with zero attached hydrogens (tertiary/aromatic N) is 2. The van der Waals surface area contributed by atoms with Crippen LogP contribution < -0.4 is 5.32 Å². The predicted molar refractivity (Wildman–Crippen MR) is 70.1 cm³/mol. The van der Waals surface area contributed by atoms with E-state index in [0.717, 1.165) is 29.6 Å². The molecule has 0 aliphatic rings. The van der Waals surface area contributed by atoms with E-state index in [1.54, 1.807) is 0 Å². The third-order valence-electron chi connectivity index (χ3n) is 2.88. The third kappa shape index (κ3) is 2.61. The average Bonchev–Trinajstić information content (AvgIpc) is 2.77. The highest BCUT2D eigenvalue weighted by Gasteiger charge is 2.14. The Kier molecular flexibility index (Phi) is 3.68. The second kappa shape index (κ2) is 5.23. The number of hydrogen-bond donors (Lipinski definition) is 1. The van der Waals surface area contributed by atoms with E-state index in [-0.39, 0.29) is 11.8 Å². The van der Waals surface area contributed by atoms with Crippen molar-refractivity contribution in [1.82, 2.24) is 8.75 Å². The lowest BCUT2D eigenvalue weighted by Gasteiger charge is -2.12. The minimum Gasteiger partial charge on any atom is -0.326 e. The minimum atomic E-state index is 0.0811. The first-order valence-corrected chi connectivity index (χ1v) is 6.50. The van der Waals surface area contributed by atoms with Gasteiger partial charge in [-0.05, 0) is 31.0 Å². The Bertz CT molecular complexity index is 519. The molecule has 1 amide bonds. The van der Waals surface area contributed by atoms with Gasteiger partial charge in [0.2, 0.25) is 5.91 Å². The Morgan fingerprint density at radius 1 is 1.29 bits per heavy atom.